The van der Waals surface area contributed by atoms with Crippen molar-refractivity contribution < 1.29 is 19.0 Å². The molecule has 17 heavy (non-hydrogen) atoms. The molecule has 1 aromatic rings. The zero-order valence-corrected chi connectivity index (χ0v) is 9.87. The van der Waals surface area contributed by atoms with E-state index in [1.54, 1.807) is 19.1 Å². The molecule has 4 heteroatoms. The van der Waals surface area contributed by atoms with E-state index in [-0.39, 0.29) is 5.82 Å². The molecule has 0 amide bonds. The number of rotatable bonds is 3. The highest BCUT2D eigenvalue weighted by Gasteiger charge is 2.55. The van der Waals surface area contributed by atoms with Crippen LogP contribution in [-0.4, -0.2) is 24.3 Å². The molecule has 0 spiro atoms. The van der Waals surface area contributed by atoms with Crippen LogP contribution in [0, 0.1) is 12.7 Å². The summed E-state index contributed by atoms with van der Waals surface area (Å²) in [5.74, 6) is -1.08. The van der Waals surface area contributed by atoms with Gasteiger partial charge in [0.05, 0.1) is 7.11 Å². The van der Waals surface area contributed by atoms with Gasteiger partial charge >= 0.3 is 5.97 Å². The lowest BCUT2D eigenvalue weighted by Gasteiger charge is -2.21. The summed E-state index contributed by atoms with van der Waals surface area (Å²) in [6, 6.07) is 4.84. The first-order chi connectivity index (χ1) is 8.01. The lowest BCUT2D eigenvalue weighted by molar-refractivity contribution is -0.152. The van der Waals surface area contributed by atoms with E-state index in [0.717, 1.165) is 5.56 Å². The number of hydrogen-bond donors (Lipinski definition) is 1. The van der Waals surface area contributed by atoms with Crippen LogP contribution in [0.4, 0.5) is 4.39 Å². The predicted octanol–water partition coefficient (Wildman–Crippen LogP) is 1.70. The quantitative estimate of drug-likeness (QED) is 0.815. The molecule has 1 saturated carbocycles. The molecule has 0 saturated heterocycles. The second kappa shape index (κ2) is 4.11. The summed E-state index contributed by atoms with van der Waals surface area (Å²) in [7, 11) is 1.22. The van der Waals surface area contributed by atoms with E-state index in [1.807, 2.05) is 0 Å². The van der Waals surface area contributed by atoms with E-state index in [9.17, 15) is 14.3 Å². The summed E-state index contributed by atoms with van der Waals surface area (Å²) in [6.45, 7) is 1.79. The van der Waals surface area contributed by atoms with E-state index < -0.39 is 17.5 Å². The van der Waals surface area contributed by atoms with E-state index in [2.05, 4.69) is 4.74 Å². The van der Waals surface area contributed by atoms with Crippen molar-refractivity contribution in [3.05, 3.63) is 35.1 Å². The number of carbonyl (C=O) groups is 1. The zero-order chi connectivity index (χ0) is 12.6. The Bertz CT molecular complexity index is 452. The molecule has 2 rings (SSSR count). The molecule has 1 fully saturated rings. The topological polar surface area (TPSA) is 46.5 Å². The van der Waals surface area contributed by atoms with Crippen LogP contribution in [-0.2, 0) is 14.9 Å². The fourth-order valence-electron chi connectivity index (χ4n) is 2.19. The number of methoxy groups -OCH3 is 1. The second-order valence-electron chi connectivity index (χ2n) is 4.57. The van der Waals surface area contributed by atoms with Crippen LogP contribution in [0.15, 0.2) is 18.2 Å². The molecule has 1 aromatic carbocycles. The number of halogens is 1. The molecule has 0 heterocycles. The number of ether oxygens (including phenoxy) is 1. The SMILES string of the molecule is COC(=O)C(O)C1(c2ccc(C)cc2F)CC1. The summed E-state index contributed by atoms with van der Waals surface area (Å²) in [5, 5.41) is 9.91. The molecular weight excluding hydrogens is 223 g/mol. The highest BCUT2D eigenvalue weighted by Crippen LogP contribution is 2.52. The maximum Gasteiger partial charge on any atom is 0.335 e. The molecule has 3 nitrogen and oxygen atoms in total. The van der Waals surface area contributed by atoms with Gasteiger partial charge in [-0.3, -0.25) is 0 Å². The summed E-state index contributed by atoms with van der Waals surface area (Å²) in [5.41, 5.74) is 0.431. The second-order valence-corrected chi connectivity index (χ2v) is 4.57. The molecule has 1 aliphatic rings. The summed E-state index contributed by atoms with van der Waals surface area (Å²) < 4.78 is 18.4. The van der Waals surface area contributed by atoms with Crippen LogP contribution < -0.4 is 0 Å². The van der Waals surface area contributed by atoms with E-state index in [4.69, 9.17) is 0 Å². The number of aliphatic hydroxyl groups excluding tert-OH is 1. The van der Waals surface area contributed by atoms with Crippen molar-refractivity contribution in [2.24, 2.45) is 0 Å². The van der Waals surface area contributed by atoms with Crippen LogP contribution in [0.1, 0.15) is 24.0 Å². The maximum atomic E-state index is 13.9. The molecule has 1 atom stereocenters. The highest BCUT2D eigenvalue weighted by molar-refractivity contribution is 5.77. The summed E-state index contributed by atoms with van der Waals surface area (Å²) in [6.07, 6.45) is -0.0864. The number of aliphatic hydroxyl groups is 1. The van der Waals surface area contributed by atoms with Crippen LogP contribution in [0.25, 0.3) is 0 Å². The van der Waals surface area contributed by atoms with Gasteiger partial charge in [0.2, 0.25) is 0 Å². The minimum atomic E-state index is -1.29. The monoisotopic (exact) mass is 238 g/mol. The van der Waals surface area contributed by atoms with Gasteiger partial charge in [0, 0.05) is 5.41 Å². The molecule has 1 unspecified atom stereocenters. The molecule has 0 aromatic heterocycles. The van der Waals surface area contributed by atoms with Crippen molar-refractivity contribution in [1.82, 2.24) is 0 Å². The fourth-order valence-corrected chi connectivity index (χ4v) is 2.19. The molecule has 0 bridgehead atoms. The van der Waals surface area contributed by atoms with Gasteiger partial charge in [-0.15, -0.1) is 0 Å². The Morgan fingerprint density at radius 1 is 1.53 bits per heavy atom. The summed E-state index contributed by atoms with van der Waals surface area (Å²) >= 11 is 0. The first-order valence-corrected chi connectivity index (χ1v) is 5.54. The Morgan fingerprint density at radius 2 is 2.18 bits per heavy atom. The van der Waals surface area contributed by atoms with Gasteiger partial charge in [-0.1, -0.05) is 12.1 Å². The third-order valence-corrected chi connectivity index (χ3v) is 3.40. The van der Waals surface area contributed by atoms with Gasteiger partial charge in [0.15, 0.2) is 6.10 Å². The van der Waals surface area contributed by atoms with Gasteiger partial charge < -0.3 is 9.84 Å². The van der Waals surface area contributed by atoms with Crippen LogP contribution in [0.2, 0.25) is 0 Å². The van der Waals surface area contributed by atoms with Crippen LogP contribution in [0.5, 0.6) is 0 Å². The van der Waals surface area contributed by atoms with Crippen LogP contribution in [0.3, 0.4) is 0 Å². The van der Waals surface area contributed by atoms with Crippen LogP contribution >= 0.6 is 0 Å². The molecule has 92 valence electrons. The summed E-state index contributed by atoms with van der Waals surface area (Å²) in [4.78, 5) is 11.4. The lowest BCUT2D eigenvalue weighted by Crippen LogP contribution is -2.35. The van der Waals surface area contributed by atoms with Gasteiger partial charge in [-0.05, 0) is 37.0 Å². The van der Waals surface area contributed by atoms with E-state index in [1.165, 1.54) is 13.2 Å². The minimum absolute atomic E-state index is 0.370. The number of esters is 1. The Kier molecular flexibility index (Phi) is 2.91. The predicted molar refractivity (Wildman–Crippen MR) is 60.1 cm³/mol. The van der Waals surface area contributed by atoms with Crippen molar-refractivity contribution in [2.75, 3.05) is 7.11 Å². The van der Waals surface area contributed by atoms with Gasteiger partial charge in [0.1, 0.15) is 5.82 Å². The Labute approximate surface area is 99.2 Å². The number of carbonyl (C=O) groups excluding carboxylic acids is 1. The number of benzene rings is 1. The molecule has 0 radical (unpaired) electrons. The Balaban J connectivity index is 2.36. The van der Waals surface area contributed by atoms with Crippen molar-refractivity contribution >= 4 is 5.97 Å². The van der Waals surface area contributed by atoms with E-state index >= 15 is 0 Å². The highest BCUT2D eigenvalue weighted by atomic mass is 19.1. The molecule has 1 N–H and O–H groups in total. The molecular formula is C13H15FO3. The normalized spacial score (nSPS) is 18.6. The molecule has 0 aliphatic heterocycles. The van der Waals surface area contributed by atoms with Gasteiger partial charge in [-0.25, -0.2) is 9.18 Å². The third-order valence-electron chi connectivity index (χ3n) is 3.40. The first kappa shape index (κ1) is 12.0. The smallest absolute Gasteiger partial charge is 0.335 e. The van der Waals surface area contributed by atoms with E-state index in [0.29, 0.717) is 18.4 Å². The van der Waals surface area contributed by atoms with Crippen molar-refractivity contribution in [3.8, 4) is 0 Å². The average molecular weight is 238 g/mol. The molecule has 1 aliphatic carbocycles. The number of aryl methyl sites for hydroxylation is 1. The van der Waals surface area contributed by atoms with Crippen molar-refractivity contribution in [2.45, 2.75) is 31.3 Å². The largest absolute Gasteiger partial charge is 0.467 e. The maximum absolute atomic E-state index is 13.9. The van der Waals surface area contributed by atoms with Gasteiger partial charge in [0.25, 0.3) is 0 Å². The first-order valence-electron chi connectivity index (χ1n) is 5.54. The zero-order valence-electron chi connectivity index (χ0n) is 9.87. The lowest BCUT2D eigenvalue weighted by atomic mass is 9.89. The average Bonchev–Trinajstić information content (AvgIpc) is 3.08. The fraction of sp³-hybridized carbons (Fsp3) is 0.462. The van der Waals surface area contributed by atoms with Crippen molar-refractivity contribution in [3.63, 3.8) is 0 Å². The number of hydrogen-bond acceptors (Lipinski definition) is 3. The minimum Gasteiger partial charge on any atom is -0.467 e. The third kappa shape index (κ3) is 1.93. The van der Waals surface area contributed by atoms with Gasteiger partial charge in [-0.2, -0.15) is 0 Å². The Hall–Kier alpha value is -1.42. The van der Waals surface area contributed by atoms with Crippen molar-refractivity contribution in [1.29, 1.82) is 0 Å². The standard InChI is InChI=1S/C13H15FO3/c1-8-3-4-9(10(14)7-8)13(5-6-13)11(15)12(16)17-2/h3-4,7,11,15H,5-6H2,1-2H3. The Morgan fingerprint density at radius 3 is 2.65 bits per heavy atom.